The number of benzene rings is 1. The Hall–Kier alpha value is -2.40. The first kappa shape index (κ1) is 14.2. The highest BCUT2D eigenvalue weighted by Gasteiger charge is 2.22. The minimum Gasteiger partial charge on any atom is -0.490 e. The zero-order valence-corrected chi connectivity index (χ0v) is 13.1. The molecule has 5 nitrogen and oxygen atoms in total. The number of nitrogens with zero attached hydrogens (tertiary/aromatic N) is 1. The maximum absolute atomic E-state index is 12.5. The Kier molecular flexibility index (Phi) is 3.50. The number of rotatable bonds is 4. The van der Waals surface area contributed by atoms with Gasteiger partial charge in [0, 0.05) is 18.4 Å². The van der Waals surface area contributed by atoms with Gasteiger partial charge in [-0.25, -0.2) is 0 Å². The van der Waals surface area contributed by atoms with Crippen molar-refractivity contribution in [3.63, 3.8) is 0 Å². The van der Waals surface area contributed by atoms with Crippen molar-refractivity contribution < 1.29 is 13.9 Å². The van der Waals surface area contributed by atoms with E-state index in [1.54, 1.807) is 12.3 Å². The molecule has 0 unspecified atom stereocenters. The monoisotopic (exact) mass is 330 g/mol. The zero-order valence-electron chi connectivity index (χ0n) is 12.3. The average Bonchev–Trinajstić information content (AvgIpc) is 3.20. The molecule has 1 N–H and O–H groups in total. The van der Waals surface area contributed by atoms with E-state index in [9.17, 15) is 4.79 Å². The second-order valence-electron chi connectivity index (χ2n) is 5.42. The second-order valence-corrected chi connectivity index (χ2v) is 5.83. The van der Waals surface area contributed by atoms with Crippen LogP contribution in [0, 0.1) is 0 Å². The third kappa shape index (κ3) is 2.47. The fraction of sp³-hybridized carbons (Fsp3) is 0.235. The molecule has 4 rings (SSSR count). The molecule has 0 spiro atoms. The summed E-state index contributed by atoms with van der Waals surface area (Å²) in [6.07, 6.45) is 2.29. The Balaban J connectivity index is 1.60. The van der Waals surface area contributed by atoms with Crippen LogP contribution in [0.25, 0.3) is 10.9 Å². The Morgan fingerprint density at radius 3 is 3.09 bits per heavy atom. The smallest absolute Gasteiger partial charge is 0.267 e. The fourth-order valence-electron chi connectivity index (χ4n) is 2.94. The number of carbonyl (C=O) groups excluding carboxylic acids is 1. The SMILES string of the molecule is O=C(NCCc1ccco1)c1cc2c(Cl)ccc3c2n1CCO3. The van der Waals surface area contributed by atoms with Crippen LogP contribution >= 0.6 is 11.6 Å². The van der Waals surface area contributed by atoms with Crippen molar-refractivity contribution >= 4 is 28.4 Å². The summed E-state index contributed by atoms with van der Waals surface area (Å²) >= 11 is 6.26. The second kappa shape index (κ2) is 5.66. The molecule has 2 aromatic heterocycles. The summed E-state index contributed by atoms with van der Waals surface area (Å²) in [4.78, 5) is 12.5. The number of furan rings is 1. The predicted octanol–water partition coefficient (Wildman–Crippen LogP) is 3.25. The molecule has 0 saturated heterocycles. The molecule has 118 valence electrons. The molecule has 1 aliphatic heterocycles. The number of ether oxygens (including phenoxy) is 1. The Labute approximate surface area is 137 Å². The van der Waals surface area contributed by atoms with Crippen LogP contribution in [-0.4, -0.2) is 23.6 Å². The molecule has 1 aromatic carbocycles. The molecule has 0 bridgehead atoms. The summed E-state index contributed by atoms with van der Waals surface area (Å²) in [5, 5.41) is 4.40. The topological polar surface area (TPSA) is 56.4 Å². The molecule has 3 aromatic rings. The highest BCUT2D eigenvalue weighted by Crippen LogP contribution is 2.36. The lowest BCUT2D eigenvalue weighted by Gasteiger charge is -2.19. The van der Waals surface area contributed by atoms with Crippen LogP contribution in [0.2, 0.25) is 5.02 Å². The third-order valence-corrected chi connectivity index (χ3v) is 4.34. The Morgan fingerprint density at radius 1 is 1.35 bits per heavy atom. The number of amides is 1. The molecule has 23 heavy (non-hydrogen) atoms. The lowest BCUT2D eigenvalue weighted by Crippen LogP contribution is -2.29. The number of nitrogens with one attached hydrogen (secondary N) is 1. The van der Waals surface area contributed by atoms with Crippen molar-refractivity contribution in [2.45, 2.75) is 13.0 Å². The fourth-order valence-corrected chi connectivity index (χ4v) is 3.15. The molecule has 1 amide bonds. The van der Waals surface area contributed by atoms with Crippen molar-refractivity contribution in [3.8, 4) is 5.75 Å². The number of carbonyl (C=O) groups is 1. The molecule has 1 aliphatic rings. The first-order valence-corrected chi connectivity index (χ1v) is 7.87. The highest BCUT2D eigenvalue weighted by atomic mass is 35.5. The summed E-state index contributed by atoms with van der Waals surface area (Å²) in [7, 11) is 0. The van der Waals surface area contributed by atoms with Gasteiger partial charge in [0.2, 0.25) is 0 Å². The standard InChI is InChI=1S/C17H15ClN2O3/c18-13-3-4-15-16-12(13)10-14(20(16)7-9-23-15)17(21)19-6-5-11-2-1-8-22-11/h1-4,8,10H,5-7,9H2,(H,19,21). The molecule has 6 heteroatoms. The Bertz CT molecular complexity index is 868. The normalized spacial score (nSPS) is 13.1. The predicted molar refractivity (Wildman–Crippen MR) is 87.2 cm³/mol. The maximum atomic E-state index is 12.5. The van der Waals surface area contributed by atoms with Gasteiger partial charge in [0.15, 0.2) is 0 Å². The summed E-state index contributed by atoms with van der Waals surface area (Å²) in [6, 6.07) is 9.21. The van der Waals surface area contributed by atoms with Gasteiger partial charge < -0.3 is 19.0 Å². The van der Waals surface area contributed by atoms with Gasteiger partial charge in [-0.1, -0.05) is 11.6 Å². The molecular formula is C17H15ClN2O3. The molecule has 0 aliphatic carbocycles. The van der Waals surface area contributed by atoms with Crippen molar-refractivity contribution in [1.29, 1.82) is 0 Å². The van der Waals surface area contributed by atoms with E-state index in [0.29, 0.717) is 36.8 Å². The van der Waals surface area contributed by atoms with Gasteiger partial charge in [-0.2, -0.15) is 0 Å². The lowest BCUT2D eigenvalue weighted by atomic mass is 10.2. The zero-order chi connectivity index (χ0) is 15.8. The van der Waals surface area contributed by atoms with E-state index >= 15 is 0 Å². The van der Waals surface area contributed by atoms with E-state index in [0.717, 1.165) is 22.4 Å². The van der Waals surface area contributed by atoms with Gasteiger partial charge in [0.1, 0.15) is 23.8 Å². The van der Waals surface area contributed by atoms with E-state index in [4.69, 9.17) is 20.8 Å². The minimum atomic E-state index is -0.114. The largest absolute Gasteiger partial charge is 0.490 e. The van der Waals surface area contributed by atoms with Crippen LogP contribution in [0.5, 0.6) is 5.75 Å². The molecule has 0 radical (unpaired) electrons. The van der Waals surface area contributed by atoms with Gasteiger partial charge in [0.05, 0.1) is 23.3 Å². The first-order valence-electron chi connectivity index (χ1n) is 7.49. The van der Waals surface area contributed by atoms with Gasteiger partial charge in [-0.15, -0.1) is 0 Å². The van der Waals surface area contributed by atoms with E-state index in [2.05, 4.69) is 5.32 Å². The number of hydrogen-bond acceptors (Lipinski definition) is 3. The van der Waals surface area contributed by atoms with E-state index < -0.39 is 0 Å². The summed E-state index contributed by atoms with van der Waals surface area (Å²) in [5.74, 6) is 1.51. The first-order chi connectivity index (χ1) is 11.2. The molecule has 0 fully saturated rings. The quantitative estimate of drug-likeness (QED) is 0.799. The van der Waals surface area contributed by atoms with Crippen LogP contribution in [0.4, 0.5) is 0 Å². The van der Waals surface area contributed by atoms with Crippen molar-refractivity contribution in [2.75, 3.05) is 13.2 Å². The van der Waals surface area contributed by atoms with Crippen LogP contribution in [-0.2, 0) is 13.0 Å². The summed E-state index contributed by atoms with van der Waals surface area (Å²) in [5.41, 5.74) is 1.50. The van der Waals surface area contributed by atoms with Gasteiger partial charge >= 0.3 is 0 Å². The van der Waals surface area contributed by atoms with Crippen LogP contribution in [0.3, 0.4) is 0 Å². The maximum Gasteiger partial charge on any atom is 0.267 e. The number of halogens is 1. The van der Waals surface area contributed by atoms with E-state index in [1.165, 1.54) is 0 Å². The van der Waals surface area contributed by atoms with Gasteiger partial charge in [0.25, 0.3) is 5.91 Å². The third-order valence-electron chi connectivity index (χ3n) is 4.01. The van der Waals surface area contributed by atoms with Gasteiger partial charge in [-0.05, 0) is 30.3 Å². The highest BCUT2D eigenvalue weighted by molar-refractivity contribution is 6.36. The van der Waals surface area contributed by atoms with Crippen LogP contribution in [0.1, 0.15) is 16.2 Å². The molecule has 3 heterocycles. The lowest BCUT2D eigenvalue weighted by molar-refractivity contribution is 0.0943. The van der Waals surface area contributed by atoms with E-state index in [1.807, 2.05) is 28.8 Å². The van der Waals surface area contributed by atoms with Crippen LogP contribution < -0.4 is 10.1 Å². The number of aromatic nitrogens is 1. The summed E-state index contributed by atoms with van der Waals surface area (Å²) in [6.45, 7) is 1.70. The molecular weight excluding hydrogens is 316 g/mol. The number of hydrogen-bond donors (Lipinski definition) is 1. The average molecular weight is 331 g/mol. The van der Waals surface area contributed by atoms with Crippen molar-refractivity contribution in [2.24, 2.45) is 0 Å². The Morgan fingerprint density at radius 2 is 2.26 bits per heavy atom. The molecule has 0 atom stereocenters. The van der Waals surface area contributed by atoms with Crippen molar-refractivity contribution in [3.05, 3.63) is 53.1 Å². The molecule has 0 saturated carbocycles. The van der Waals surface area contributed by atoms with E-state index in [-0.39, 0.29) is 5.91 Å². The minimum absolute atomic E-state index is 0.114. The van der Waals surface area contributed by atoms with Gasteiger partial charge in [-0.3, -0.25) is 4.79 Å². The van der Waals surface area contributed by atoms with Crippen LogP contribution in [0.15, 0.2) is 41.0 Å². The van der Waals surface area contributed by atoms with Crippen molar-refractivity contribution in [1.82, 2.24) is 9.88 Å². The summed E-state index contributed by atoms with van der Waals surface area (Å²) < 4.78 is 12.9.